The highest BCUT2D eigenvalue weighted by Crippen LogP contribution is 2.21. The van der Waals surface area contributed by atoms with Crippen LogP contribution in [0.25, 0.3) is 5.69 Å². The first kappa shape index (κ1) is 13.3. The molecule has 0 saturated heterocycles. The maximum atomic E-state index is 12.6. The number of carbonyl (C=O) groups excluding carboxylic acids is 1. The Hall–Kier alpha value is -2.66. The third-order valence-electron chi connectivity index (χ3n) is 3.04. The molecule has 0 aliphatic carbocycles. The van der Waals surface area contributed by atoms with Gasteiger partial charge in [-0.15, -0.1) is 5.10 Å². The second kappa shape index (κ2) is 5.38. The third-order valence-corrected chi connectivity index (χ3v) is 3.28. The van der Waals surface area contributed by atoms with E-state index in [1.165, 1.54) is 10.9 Å². The van der Waals surface area contributed by atoms with Gasteiger partial charge < -0.3 is 5.73 Å². The molecular weight excluding hydrogens is 288 g/mol. The van der Waals surface area contributed by atoms with Crippen LogP contribution in [0.5, 0.6) is 0 Å². The molecule has 3 aromatic rings. The molecule has 5 nitrogen and oxygen atoms in total. The predicted octanol–water partition coefficient (Wildman–Crippen LogP) is 2.73. The second-order valence-corrected chi connectivity index (χ2v) is 4.86. The highest BCUT2D eigenvalue weighted by atomic mass is 35.5. The van der Waals surface area contributed by atoms with E-state index in [0.29, 0.717) is 22.0 Å². The summed E-state index contributed by atoms with van der Waals surface area (Å²) in [6, 6.07) is 14.1. The van der Waals surface area contributed by atoms with Crippen LogP contribution < -0.4 is 5.73 Å². The number of aromatic nitrogens is 3. The van der Waals surface area contributed by atoms with Gasteiger partial charge in [-0.3, -0.25) is 4.79 Å². The fourth-order valence-electron chi connectivity index (χ4n) is 2.03. The number of benzene rings is 2. The van der Waals surface area contributed by atoms with Gasteiger partial charge in [-0.25, -0.2) is 4.68 Å². The Labute approximate surface area is 126 Å². The summed E-state index contributed by atoms with van der Waals surface area (Å²) in [5.74, 6) is -0.252. The summed E-state index contributed by atoms with van der Waals surface area (Å²) in [7, 11) is 0. The Kier molecular flexibility index (Phi) is 3.41. The standard InChI is InChI=1S/C15H11ClN4O/c16-10-6-7-12(13(17)8-10)15(21)14-9-18-19-20(14)11-4-2-1-3-5-11/h1-9H,17H2. The van der Waals surface area contributed by atoms with Crippen LogP contribution in [0.4, 0.5) is 5.69 Å². The zero-order chi connectivity index (χ0) is 14.8. The molecule has 21 heavy (non-hydrogen) atoms. The molecule has 104 valence electrons. The number of carbonyl (C=O) groups is 1. The van der Waals surface area contributed by atoms with Crippen LogP contribution >= 0.6 is 11.6 Å². The lowest BCUT2D eigenvalue weighted by molar-refractivity contribution is 0.103. The maximum absolute atomic E-state index is 12.6. The number of para-hydroxylation sites is 1. The Bertz CT molecular complexity index is 798. The number of nitrogen functional groups attached to an aromatic ring is 1. The highest BCUT2D eigenvalue weighted by Gasteiger charge is 2.18. The first-order valence-corrected chi connectivity index (χ1v) is 6.60. The minimum absolute atomic E-state index is 0.252. The second-order valence-electron chi connectivity index (χ2n) is 4.43. The molecule has 1 aromatic heterocycles. The van der Waals surface area contributed by atoms with E-state index in [9.17, 15) is 4.79 Å². The molecule has 1 heterocycles. The van der Waals surface area contributed by atoms with Gasteiger partial charge in [0, 0.05) is 16.3 Å². The van der Waals surface area contributed by atoms with Crippen LogP contribution in [-0.2, 0) is 0 Å². The Morgan fingerprint density at radius 2 is 1.90 bits per heavy atom. The number of nitrogens with zero attached hydrogens (tertiary/aromatic N) is 3. The fraction of sp³-hybridized carbons (Fsp3) is 0. The van der Waals surface area contributed by atoms with Crippen molar-refractivity contribution < 1.29 is 4.79 Å². The molecule has 0 saturated carbocycles. The number of nitrogens with two attached hydrogens (primary N) is 1. The SMILES string of the molecule is Nc1cc(Cl)ccc1C(=O)c1cnnn1-c1ccccc1. The van der Waals surface area contributed by atoms with Gasteiger partial charge in [0.25, 0.3) is 0 Å². The lowest BCUT2D eigenvalue weighted by atomic mass is 10.1. The summed E-state index contributed by atoms with van der Waals surface area (Å²) >= 11 is 5.85. The van der Waals surface area contributed by atoms with E-state index >= 15 is 0 Å². The van der Waals surface area contributed by atoms with Crippen molar-refractivity contribution in [3.05, 3.63) is 71.0 Å². The molecule has 0 spiro atoms. The van der Waals surface area contributed by atoms with Gasteiger partial charge in [0.1, 0.15) is 5.69 Å². The monoisotopic (exact) mass is 298 g/mol. The average Bonchev–Trinajstić information content (AvgIpc) is 2.97. The van der Waals surface area contributed by atoms with Crippen molar-refractivity contribution in [2.24, 2.45) is 0 Å². The zero-order valence-electron chi connectivity index (χ0n) is 10.9. The number of hydrogen-bond acceptors (Lipinski definition) is 4. The fourth-order valence-corrected chi connectivity index (χ4v) is 2.21. The molecule has 6 heteroatoms. The molecule has 0 radical (unpaired) electrons. The van der Waals surface area contributed by atoms with Crippen molar-refractivity contribution in [3.8, 4) is 5.69 Å². The summed E-state index contributed by atoms with van der Waals surface area (Å²) in [5, 5.41) is 8.26. The Morgan fingerprint density at radius 1 is 1.14 bits per heavy atom. The number of ketones is 1. The van der Waals surface area contributed by atoms with E-state index in [0.717, 1.165) is 5.69 Å². The van der Waals surface area contributed by atoms with E-state index in [1.54, 1.807) is 18.2 Å². The van der Waals surface area contributed by atoms with Gasteiger partial charge in [-0.05, 0) is 30.3 Å². The van der Waals surface area contributed by atoms with Gasteiger partial charge in [0.05, 0.1) is 11.9 Å². The topological polar surface area (TPSA) is 73.8 Å². The first-order valence-electron chi connectivity index (χ1n) is 6.22. The third kappa shape index (κ3) is 2.51. The van der Waals surface area contributed by atoms with E-state index in [4.69, 9.17) is 17.3 Å². The molecular formula is C15H11ClN4O. The summed E-state index contributed by atoms with van der Waals surface area (Å²) in [5.41, 5.74) is 7.66. The van der Waals surface area contributed by atoms with Gasteiger partial charge >= 0.3 is 0 Å². The number of anilines is 1. The van der Waals surface area contributed by atoms with Crippen molar-refractivity contribution in [2.75, 3.05) is 5.73 Å². The van der Waals surface area contributed by atoms with Crippen molar-refractivity contribution in [1.82, 2.24) is 15.0 Å². The summed E-state index contributed by atoms with van der Waals surface area (Å²) in [6.45, 7) is 0. The van der Waals surface area contributed by atoms with Crippen molar-refractivity contribution in [3.63, 3.8) is 0 Å². The summed E-state index contributed by atoms with van der Waals surface area (Å²) in [4.78, 5) is 12.6. The minimum Gasteiger partial charge on any atom is -0.398 e. The first-order chi connectivity index (χ1) is 10.2. The summed E-state index contributed by atoms with van der Waals surface area (Å²) < 4.78 is 1.48. The van der Waals surface area contributed by atoms with E-state index < -0.39 is 0 Å². The largest absolute Gasteiger partial charge is 0.398 e. The molecule has 0 aliphatic rings. The Balaban J connectivity index is 2.06. The van der Waals surface area contributed by atoms with Gasteiger partial charge in [0.15, 0.2) is 0 Å². The quantitative estimate of drug-likeness (QED) is 0.596. The van der Waals surface area contributed by atoms with Crippen LogP contribution in [0, 0.1) is 0 Å². The molecule has 0 fully saturated rings. The molecule has 0 amide bonds. The molecule has 2 aromatic carbocycles. The van der Waals surface area contributed by atoms with Gasteiger partial charge in [-0.2, -0.15) is 0 Å². The van der Waals surface area contributed by atoms with E-state index in [2.05, 4.69) is 10.3 Å². The molecule has 0 aliphatic heterocycles. The van der Waals surface area contributed by atoms with Gasteiger partial charge in [-0.1, -0.05) is 35.0 Å². The summed E-state index contributed by atoms with van der Waals surface area (Å²) in [6.07, 6.45) is 1.42. The molecule has 0 unspecified atom stereocenters. The van der Waals surface area contributed by atoms with Crippen molar-refractivity contribution in [2.45, 2.75) is 0 Å². The number of hydrogen-bond donors (Lipinski definition) is 1. The van der Waals surface area contributed by atoms with Crippen LogP contribution in [0.15, 0.2) is 54.7 Å². The van der Waals surface area contributed by atoms with Gasteiger partial charge in [0.2, 0.25) is 5.78 Å². The Morgan fingerprint density at radius 3 is 2.62 bits per heavy atom. The van der Waals surface area contributed by atoms with Crippen molar-refractivity contribution >= 4 is 23.1 Å². The zero-order valence-corrected chi connectivity index (χ0v) is 11.7. The van der Waals surface area contributed by atoms with Crippen LogP contribution in [0.2, 0.25) is 5.02 Å². The van der Waals surface area contributed by atoms with E-state index in [-0.39, 0.29) is 5.78 Å². The molecule has 0 atom stereocenters. The smallest absolute Gasteiger partial charge is 0.215 e. The van der Waals surface area contributed by atoms with Crippen molar-refractivity contribution in [1.29, 1.82) is 0 Å². The average molecular weight is 299 g/mol. The van der Waals surface area contributed by atoms with Crippen LogP contribution in [0.1, 0.15) is 16.1 Å². The lowest BCUT2D eigenvalue weighted by Gasteiger charge is -2.07. The van der Waals surface area contributed by atoms with E-state index in [1.807, 2.05) is 30.3 Å². The molecule has 0 bridgehead atoms. The van der Waals surface area contributed by atoms with Crippen LogP contribution in [0.3, 0.4) is 0 Å². The molecule has 2 N–H and O–H groups in total. The highest BCUT2D eigenvalue weighted by molar-refractivity contribution is 6.31. The van der Waals surface area contributed by atoms with Crippen LogP contribution in [-0.4, -0.2) is 20.8 Å². The normalized spacial score (nSPS) is 10.5. The predicted molar refractivity (Wildman–Crippen MR) is 80.7 cm³/mol. The lowest BCUT2D eigenvalue weighted by Crippen LogP contribution is -2.11. The number of rotatable bonds is 3. The maximum Gasteiger partial charge on any atom is 0.215 e. The molecule has 3 rings (SSSR count). The number of halogens is 1. The minimum atomic E-state index is -0.252.